The lowest BCUT2D eigenvalue weighted by molar-refractivity contribution is -0.161. The standard InChI is InChI=1S/C85H136O16P2/c1-4-7-10-13-16-19-22-25-28-31-34-37-39-42-44-47-50-53-56-59-62-65-68-71-83(88)95-74-80(86)75-97-102(91,92)98-76-81(87)77-99-103(93,94)100-79-82(101-85(90)73-70-67-64-61-58-55-52-49-46-41-36-33-30-27-24-21-18-15-12-9-6-3)78-96-84(89)72-69-66-63-60-57-54-51-48-45-43-40-38-35-32-29-26-23-20-17-14-11-8-5-2/h7,9-10,12,16-21,25-30,34-38,41-45,49-50,52-53,58,61,80-82,86-87H,4-6,8,11,13-15,22-24,31-33,39-40,46-48,51,54-57,59-60,62-79H2,1-3H3,(H,91,92)(H,93,94)/b10-7-,12-9-,19-16-,20-17-,21-18-,28-25-,29-26-,30-27-,37-34-,38-35-,41-36-,44-42-,45-43-,52-49-,53-50-,61-58-. The Kier molecular flexibility index (Phi) is 71.9. The van der Waals surface area contributed by atoms with Crippen molar-refractivity contribution in [3.05, 3.63) is 194 Å². The third kappa shape index (κ3) is 77.3. The molecule has 103 heavy (non-hydrogen) atoms. The van der Waals surface area contributed by atoms with Crippen LogP contribution in [0.4, 0.5) is 0 Å². The highest BCUT2D eigenvalue weighted by molar-refractivity contribution is 7.47. The van der Waals surface area contributed by atoms with E-state index in [1.54, 1.807) is 0 Å². The number of ether oxygens (including phenoxy) is 3. The largest absolute Gasteiger partial charge is 0.472 e. The van der Waals surface area contributed by atoms with Crippen LogP contribution in [-0.4, -0.2) is 95.9 Å². The van der Waals surface area contributed by atoms with Crippen molar-refractivity contribution in [3.63, 3.8) is 0 Å². The van der Waals surface area contributed by atoms with Gasteiger partial charge in [-0.25, -0.2) is 9.13 Å². The van der Waals surface area contributed by atoms with E-state index in [-0.39, 0.29) is 19.3 Å². The number of carbonyl (C=O) groups is 3. The number of carbonyl (C=O) groups excluding carboxylic acids is 3. The van der Waals surface area contributed by atoms with Gasteiger partial charge in [-0.2, -0.15) is 0 Å². The molecule has 0 rings (SSSR count). The van der Waals surface area contributed by atoms with Crippen LogP contribution in [0, 0.1) is 0 Å². The SMILES string of the molecule is CC/C=C\C/C=C\C/C=C\C/C=C\C/C=C\C/C=C\CCCCCCC(=O)OCC(O)COP(=O)(O)OCC(O)COP(=O)(O)OCC(COC(=O)CCCCCCCCC/C=C\C/C=C\C/C=C\C/C=C\CCCCC)OC(=O)CCCC/C=C\C/C=C\C/C=C\C/C=C\C/C=C\C/C=C\CC. The Hall–Kier alpha value is -5.61. The van der Waals surface area contributed by atoms with Crippen molar-refractivity contribution < 1.29 is 75.8 Å². The smallest absolute Gasteiger partial charge is 0.463 e. The molecule has 0 saturated carbocycles. The van der Waals surface area contributed by atoms with Crippen LogP contribution in [0.5, 0.6) is 0 Å². The van der Waals surface area contributed by atoms with Crippen molar-refractivity contribution in [2.45, 2.75) is 283 Å². The molecule has 5 unspecified atom stereocenters. The van der Waals surface area contributed by atoms with Gasteiger partial charge in [0.05, 0.1) is 26.4 Å². The number of hydrogen-bond donors (Lipinski definition) is 4. The topological polar surface area (TPSA) is 231 Å². The van der Waals surface area contributed by atoms with Crippen LogP contribution in [0.1, 0.15) is 265 Å². The molecular weight excluding hydrogens is 1340 g/mol. The molecule has 0 bridgehead atoms. The molecule has 0 aliphatic carbocycles. The summed E-state index contributed by atoms with van der Waals surface area (Å²) in [6, 6.07) is 0. The van der Waals surface area contributed by atoms with Gasteiger partial charge < -0.3 is 34.2 Å². The van der Waals surface area contributed by atoms with Gasteiger partial charge in [-0.3, -0.25) is 32.5 Å². The van der Waals surface area contributed by atoms with E-state index in [0.29, 0.717) is 25.7 Å². The highest BCUT2D eigenvalue weighted by Gasteiger charge is 2.29. The molecule has 0 aliphatic rings. The number of esters is 3. The summed E-state index contributed by atoms with van der Waals surface area (Å²) in [5, 5.41) is 20.6. The van der Waals surface area contributed by atoms with Crippen molar-refractivity contribution in [1.29, 1.82) is 0 Å². The predicted octanol–water partition coefficient (Wildman–Crippen LogP) is 22.8. The van der Waals surface area contributed by atoms with Crippen molar-refractivity contribution in [3.8, 4) is 0 Å². The lowest BCUT2D eigenvalue weighted by Gasteiger charge is -2.21. The van der Waals surface area contributed by atoms with Crippen LogP contribution in [0.15, 0.2) is 194 Å². The number of aliphatic hydroxyl groups is 2. The lowest BCUT2D eigenvalue weighted by Crippen LogP contribution is -2.30. The van der Waals surface area contributed by atoms with Crippen LogP contribution >= 0.6 is 15.6 Å². The zero-order chi connectivity index (χ0) is 75.2. The number of phosphoric ester groups is 2. The van der Waals surface area contributed by atoms with Crippen molar-refractivity contribution in [2.24, 2.45) is 0 Å². The molecule has 0 aromatic carbocycles. The molecule has 16 nitrogen and oxygen atoms in total. The Balaban J connectivity index is 4.82. The molecule has 0 amide bonds. The Labute approximate surface area is 623 Å². The minimum atomic E-state index is -4.96. The number of rotatable bonds is 71. The lowest BCUT2D eigenvalue weighted by atomic mass is 10.1. The first-order valence-electron chi connectivity index (χ1n) is 38.7. The summed E-state index contributed by atoms with van der Waals surface area (Å²) in [4.78, 5) is 58.7. The average molecular weight is 1480 g/mol. The van der Waals surface area contributed by atoms with E-state index >= 15 is 0 Å². The molecule has 18 heteroatoms. The maximum Gasteiger partial charge on any atom is 0.472 e. The van der Waals surface area contributed by atoms with Gasteiger partial charge in [0.2, 0.25) is 0 Å². The van der Waals surface area contributed by atoms with E-state index in [9.17, 15) is 43.5 Å². The summed E-state index contributed by atoms with van der Waals surface area (Å²) in [7, 11) is -9.84. The monoisotopic (exact) mass is 1470 g/mol. The molecule has 0 radical (unpaired) electrons. The van der Waals surface area contributed by atoms with Gasteiger partial charge in [-0.05, 0) is 167 Å². The van der Waals surface area contributed by atoms with Crippen LogP contribution in [0.3, 0.4) is 0 Å². The molecule has 0 aromatic rings. The Morgan fingerprint density at radius 3 is 0.835 bits per heavy atom. The predicted molar refractivity (Wildman–Crippen MR) is 426 cm³/mol. The van der Waals surface area contributed by atoms with Crippen molar-refractivity contribution >= 4 is 33.6 Å². The van der Waals surface area contributed by atoms with Crippen LogP contribution in [0.25, 0.3) is 0 Å². The molecule has 5 atom stereocenters. The van der Waals surface area contributed by atoms with Crippen LogP contribution in [0.2, 0.25) is 0 Å². The third-order valence-corrected chi connectivity index (χ3v) is 17.2. The highest BCUT2D eigenvalue weighted by atomic mass is 31.2. The molecule has 4 N–H and O–H groups in total. The van der Waals surface area contributed by atoms with Crippen molar-refractivity contribution in [1.82, 2.24) is 0 Å². The Morgan fingerprint density at radius 2 is 0.515 bits per heavy atom. The summed E-state index contributed by atoms with van der Waals surface area (Å²) < 4.78 is 61.1. The minimum absolute atomic E-state index is 0.0377. The number of allylic oxidation sites excluding steroid dienone is 32. The highest BCUT2D eigenvalue weighted by Crippen LogP contribution is 2.45. The van der Waals surface area contributed by atoms with Crippen molar-refractivity contribution in [2.75, 3.05) is 39.6 Å². The molecular formula is C85H136O16P2. The number of hydrogen-bond acceptors (Lipinski definition) is 14. The Morgan fingerprint density at radius 1 is 0.282 bits per heavy atom. The zero-order valence-electron chi connectivity index (χ0n) is 63.4. The van der Waals surface area contributed by atoms with E-state index in [4.69, 9.17) is 32.3 Å². The molecule has 0 aliphatic heterocycles. The van der Waals surface area contributed by atoms with E-state index in [1.807, 2.05) is 0 Å². The fourth-order valence-electron chi connectivity index (χ4n) is 9.44. The number of phosphoric acid groups is 2. The van der Waals surface area contributed by atoms with Gasteiger partial charge in [0.15, 0.2) is 6.10 Å². The fraction of sp³-hybridized carbons (Fsp3) is 0.588. The first kappa shape index (κ1) is 97.4. The normalized spacial score (nSPS) is 15.1. The van der Waals surface area contributed by atoms with Crippen LogP contribution in [-0.2, 0) is 55.8 Å². The van der Waals surface area contributed by atoms with Gasteiger partial charge >= 0.3 is 33.6 Å². The summed E-state index contributed by atoms with van der Waals surface area (Å²) >= 11 is 0. The first-order chi connectivity index (χ1) is 50.2. The summed E-state index contributed by atoms with van der Waals surface area (Å²) in [5.41, 5.74) is 0. The van der Waals surface area contributed by atoms with Gasteiger partial charge in [-0.15, -0.1) is 0 Å². The van der Waals surface area contributed by atoms with Gasteiger partial charge in [0.1, 0.15) is 25.4 Å². The summed E-state index contributed by atoms with van der Waals surface area (Å²) in [6.45, 7) is 2.30. The maximum atomic E-state index is 13.0. The second-order valence-electron chi connectivity index (χ2n) is 25.0. The van der Waals surface area contributed by atoms with E-state index in [2.05, 4.69) is 215 Å². The molecule has 0 saturated heterocycles. The molecule has 0 heterocycles. The minimum Gasteiger partial charge on any atom is -0.463 e. The maximum absolute atomic E-state index is 13.0. The van der Waals surface area contributed by atoms with Gasteiger partial charge in [0.25, 0.3) is 0 Å². The third-order valence-electron chi connectivity index (χ3n) is 15.3. The molecule has 0 fully saturated rings. The van der Waals surface area contributed by atoms with Crippen LogP contribution < -0.4 is 0 Å². The number of aliphatic hydroxyl groups excluding tert-OH is 2. The van der Waals surface area contributed by atoms with E-state index in [1.165, 1.54) is 25.7 Å². The fourth-order valence-corrected chi connectivity index (χ4v) is 11.0. The van der Waals surface area contributed by atoms with E-state index in [0.717, 1.165) is 173 Å². The first-order valence-corrected chi connectivity index (χ1v) is 41.7. The average Bonchev–Trinajstić information content (AvgIpc) is 0.922. The molecule has 0 spiro atoms. The van der Waals surface area contributed by atoms with E-state index < -0.39 is 91.5 Å². The second kappa shape index (κ2) is 76.1. The van der Waals surface area contributed by atoms with Gasteiger partial charge in [-0.1, -0.05) is 273 Å². The summed E-state index contributed by atoms with van der Waals surface area (Å²) in [5.74, 6) is -1.68. The molecule has 582 valence electrons. The molecule has 0 aromatic heterocycles. The second-order valence-corrected chi connectivity index (χ2v) is 27.9. The number of unbranched alkanes of at least 4 members (excludes halogenated alkanes) is 16. The zero-order valence-corrected chi connectivity index (χ0v) is 65.2. The quantitative estimate of drug-likeness (QED) is 0.0146. The summed E-state index contributed by atoms with van der Waals surface area (Å²) in [6.07, 6.45) is 98.9. The Bertz CT molecular complexity index is 2650. The van der Waals surface area contributed by atoms with Gasteiger partial charge in [0, 0.05) is 19.3 Å².